The van der Waals surface area contributed by atoms with Crippen LogP contribution in [0.3, 0.4) is 0 Å². The van der Waals surface area contributed by atoms with E-state index in [9.17, 15) is 19.5 Å². The Kier molecular flexibility index (Phi) is 12.6. The average Bonchev–Trinajstić information content (AvgIpc) is 3.02. The molecule has 2 bridgehead atoms. The first-order valence-electron chi connectivity index (χ1n) is 16.1. The first-order valence-corrected chi connectivity index (χ1v) is 16.1. The van der Waals surface area contributed by atoms with E-state index in [4.69, 9.17) is 18.9 Å². The van der Waals surface area contributed by atoms with E-state index in [1.165, 1.54) is 13.8 Å². The number of aliphatic hydroxyl groups is 1. The maximum Gasteiger partial charge on any atom is 0.351 e. The van der Waals surface area contributed by atoms with E-state index in [0.29, 0.717) is 24.5 Å². The number of Topliss-reactive ketones (excluding diaryl/α,β-unsaturated/α-hetero) is 1. The smallest absolute Gasteiger partial charge is 0.351 e. The summed E-state index contributed by atoms with van der Waals surface area (Å²) in [4.78, 5) is 48.4. The number of ketones is 1. The summed E-state index contributed by atoms with van der Waals surface area (Å²) in [6.07, 6.45) is -1.97. The molecule has 0 aliphatic carbocycles. The van der Waals surface area contributed by atoms with Crippen LogP contribution in [0.15, 0.2) is 40.3 Å². The molecule has 46 heavy (non-hydrogen) atoms. The maximum absolute atomic E-state index is 16.1. The Labute approximate surface area is 272 Å². The molecule has 1 aromatic rings. The number of alkyl halides is 1. The summed E-state index contributed by atoms with van der Waals surface area (Å²) in [6, 6.07) is 9.66. The number of halogens is 1. The number of hydrogen-bond donors (Lipinski definition) is 1. The van der Waals surface area contributed by atoms with Crippen LogP contribution in [0.5, 0.6) is 0 Å². The van der Waals surface area contributed by atoms with Gasteiger partial charge in [0.05, 0.1) is 37.2 Å². The third-order valence-electron chi connectivity index (χ3n) is 9.73. The molecular formula is C35H51FN2O8. The standard InChI is InChI=1S/C35H51FN2O8/c1-10-28-35(9,42)31-23(4)29(38-25(6)39)21(2)16-33(7,24(5)22(3)30(40)34(8,36)32(41)46-28)45-19-27(18-44-31)37-20-43-17-26-14-12-11-13-15-26/h11-15,21-24,28,31,42H,10,16-20H2,1-9H3/b37-27+,38-29?/t21-,22-,23+,24-,28-,31-,33-,34+,35-/m1/s1. The molecule has 2 aliphatic heterocycles. The van der Waals surface area contributed by atoms with Crippen LogP contribution in [0.4, 0.5) is 4.39 Å². The lowest BCUT2D eigenvalue weighted by molar-refractivity contribution is -0.198. The molecule has 0 aromatic heterocycles. The molecule has 0 radical (unpaired) electrons. The van der Waals surface area contributed by atoms with Crippen molar-refractivity contribution < 1.29 is 42.8 Å². The SMILES string of the molecule is CC[C@H]1OC(=O)[C@@](C)(F)C(=O)[C@H](C)[C@@H](C)[C@@]2(C)C[C@@H](C)C(=NC(C)=O)[C@H](C)[C@@H](OC/C(=N\COCc3ccccc3)CO2)[C@]1(C)O. The fraction of sp³-hybridized carbons (Fsp3) is 0.686. The molecule has 11 heteroatoms. The number of amides is 1. The number of fused-ring (bicyclic) bond motifs is 5. The van der Waals surface area contributed by atoms with Gasteiger partial charge in [0, 0.05) is 24.5 Å². The molecule has 1 N–H and O–H groups in total. The number of hydrogen-bond acceptors (Lipinski definition) is 9. The van der Waals surface area contributed by atoms with Crippen LogP contribution in [-0.4, -0.2) is 83.2 Å². The third-order valence-corrected chi connectivity index (χ3v) is 9.73. The summed E-state index contributed by atoms with van der Waals surface area (Å²) in [6.45, 7) is 14.5. The molecule has 2 fully saturated rings. The second-order valence-corrected chi connectivity index (χ2v) is 13.4. The number of aliphatic imine (C=N–C) groups is 2. The second kappa shape index (κ2) is 15.4. The molecule has 2 saturated heterocycles. The normalized spacial score (nSPS) is 38.5. The van der Waals surface area contributed by atoms with Gasteiger partial charge in [0.15, 0.2) is 5.78 Å². The largest absolute Gasteiger partial charge is 0.457 e. The van der Waals surface area contributed by atoms with Gasteiger partial charge in [-0.15, -0.1) is 0 Å². The first-order chi connectivity index (χ1) is 21.5. The number of ether oxygens (including phenoxy) is 4. The summed E-state index contributed by atoms with van der Waals surface area (Å²) >= 11 is 0. The number of esters is 1. The van der Waals surface area contributed by atoms with E-state index in [1.807, 2.05) is 44.2 Å². The summed E-state index contributed by atoms with van der Waals surface area (Å²) in [7, 11) is 0. The Balaban J connectivity index is 2.19. The van der Waals surface area contributed by atoms with Crippen molar-refractivity contribution in [2.75, 3.05) is 19.9 Å². The fourth-order valence-corrected chi connectivity index (χ4v) is 6.67. The first kappa shape index (κ1) is 37.6. The number of cyclic esters (lactones) is 1. The van der Waals surface area contributed by atoms with Crippen LogP contribution in [0.2, 0.25) is 0 Å². The zero-order chi connectivity index (χ0) is 34.4. The molecule has 2 aliphatic rings. The highest BCUT2D eigenvalue weighted by atomic mass is 19.1. The summed E-state index contributed by atoms with van der Waals surface area (Å²) in [5.41, 5.74) is -4.02. The molecule has 1 aromatic carbocycles. The highest BCUT2D eigenvalue weighted by Gasteiger charge is 2.54. The van der Waals surface area contributed by atoms with Crippen LogP contribution in [0.25, 0.3) is 0 Å². The molecular weight excluding hydrogens is 595 g/mol. The Morgan fingerprint density at radius 2 is 1.72 bits per heavy atom. The number of rotatable bonds is 5. The van der Waals surface area contributed by atoms with Crippen LogP contribution in [0, 0.1) is 23.7 Å². The van der Waals surface area contributed by atoms with Crippen LogP contribution in [-0.2, 0) is 39.9 Å². The van der Waals surface area contributed by atoms with Crippen molar-refractivity contribution in [1.29, 1.82) is 0 Å². The fourth-order valence-electron chi connectivity index (χ4n) is 6.67. The highest BCUT2D eigenvalue weighted by molar-refractivity contribution is 6.07. The zero-order valence-corrected chi connectivity index (χ0v) is 28.7. The lowest BCUT2D eigenvalue weighted by Crippen LogP contribution is -2.59. The van der Waals surface area contributed by atoms with E-state index in [0.717, 1.165) is 12.5 Å². The van der Waals surface area contributed by atoms with E-state index in [1.54, 1.807) is 27.7 Å². The quantitative estimate of drug-likeness (QED) is 0.266. The molecule has 0 spiro atoms. The Morgan fingerprint density at radius 1 is 1.07 bits per heavy atom. The monoisotopic (exact) mass is 646 g/mol. The molecule has 256 valence electrons. The second-order valence-electron chi connectivity index (χ2n) is 13.4. The van der Waals surface area contributed by atoms with Crippen LogP contribution >= 0.6 is 0 Å². The van der Waals surface area contributed by atoms with Crippen molar-refractivity contribution in [3.05, 3.63) is 35.9 Å². The summed E-state index contributed by atoms with van der Waals surface area (Å²) < 4.78 is 40.5. The van der Waals surface area contributed by atoms with Gasteiger partial charge >= 0.3 is 5.97 Å². The maximum atomic E-state index is 16.1. The van der Waals surface area contributed by atoms with Gasteiger partial charge in [0.25, 0.3) is 5.67 Å². The van der Waals surface area contributed by atoms with Crippen LogP contribution < -0.4 is 0 Å². The number of benzene rings is 1. The van der Waals surface area contributed by atoms with Gasteiger partial charge in [0.1, 0.15) is 18.4 Å². The Bertz CT molecular complexity index is 1300. The van der Waals surface area contributed by atoms with Crippen LogP contribution in [0.1, 0.15) is 80.7 Å². The molecule has 10 nitrogen and oxygen atoms in total. The number of carbonyl (C=O) groups is 3. The van der Waals surface area contributed by atoms with Gasteiger partial charge in [-0.25, -0.2) is 14.2 Å². The van der Waals surface area contributed by atoms with Gasteiger partial charge in [0.2, 0.25) is 5.91 Å². The molecule has 0 unspecified atom stereocenters. The van der Waals surface area contributed by atoms with Gasteiger partial charge in [-0.1, -0.05) is 65.0 Å². The molecule has 0 saturated carbocycles. The lowest BCUT2D eigenvalue weighted by atomic mass is 9.70. The van der Waals surface area contributed by atoms with E-state index in [-0.39, 0.29) is 32.3 Å². The molecule has 1 amide bonds. The third kappa shape index (κ3) is 8.53. The van der Waals surface area contributed by atoms with E-state index in [2.05, 4.69) is 9.98 Å². The highest BCUT2D eigenvalue weighted by Crippen LogP contribution is 2.40. The number of nitrogens with zero attached hydrogens (tertiary/aromatic N) is 2. The Morgan fingerprint density at radius 3 is 2.33 bits per heavy atom. The predicted molar refractivity (Wildman–Crippen MR) is 172 cm³/mol. The van der Waals surface area contributed by atoms with Gasteiger partial charge in [-0.2, -0.15) is 0 Å². The van der Waals surface area contributed by atoms with Crippen molar-refractivity contribution in [2.24, 2.45) is 33.7 Å². The van der Waals surface area contributed by atoms with Crippen molar-refractivity contribution in [2.45, 2.75) is 111 Å². The van der Waals surface area contributed by atoms with E-state index < -0.39 is 64.5 Å². The zero-order valence-electron chi connectivity index (χ0n) is 28.7. The number of carbonyl (C=O) groups excluding carboxylic acids is 3. The minimum Gasteiger partial charge on any atom is -0.457 e. The summed E-state index contributed by atoms with van der Waals surface area (Å²) in [5, 5.41) is 12.1. The Hall–Kier alpha value is -2.86. The minimum atomic E-state index is -2.97. The van der Waals surface area contributed by atoms with Crippen molar-refractivity contribution in [3.8, 4) is 0 Å². The molecule has 9 atom stereocenters. The lowest BCUT2D eigenvalue weighted by Gasteiger charge is -2.44. The molecule has 2 heterocycles. The average molecular weight is 647 g/mol. The van der Waals surface area contributed by atoms with Gasteiger partial charge < -0.3 is 24.1 Å². The van der Waals surface area contributed by atoms with Crippen molar-refractivity contribution in [3.63, 3.8) is 0 Å². The minimum absolute atomic E-state index is 0.00880. The summed E-state index contributed by atoms with van der Waals surface area (Å²) in [5.74, 6) is -5.37. The van der Waals surface area contributed by atoms with Crippen molar-refractivity contribution in [1.82, 2.24) is 0 Å². The van der Waals surface area contributed by atoms with E-state index >= 15 is 4.39 Å². The van der Waals surface area contributed by atoms with Gasteiger partial charge in [-0.3, -0.25) is 14.6 Å². The molecule has 3 rings (SSSR count). The van der Waals surface area contributed by atoms with Crippen molar-refractivity contribution >= 4 is 29.1 Å². The van der Waals surface area contributed by atoms with Gasteiger partial charge in [-0.05, 0) is 51.0 Å². The topological polar surface area (TPSA) is 133 Å². The predicted octanol–water partition coefficient (Wildman–Crippen LogP) is 5.08.